The fourth-order valence-corrected chi connectivity index (χ4v) is 3.22. The molecule has 0 aliphatic heterocycles. The number of aromatic nitrogens is 2. The molecular weight excluding hydrogens is 278 g/mol. The maximum atomic E-state index is 12.4. The molecular formula is C12H13N5O2S. The largest absolute Gasteiger partial charge is 0.381 e. The highest BCUT2D eigenvalue weighted by molar-refractivity contribution is 7.93. The lowest BCUT2D eigenvalue weighted by molar-refractivity contribution is 0.600. The number of nitrogens with two attached hydrogens (primary N) is 1. The van der Waals surface area contributed by atoms with E-state index in [0.717, 1.165) is 0 Å². The average Bonchev–Trinajstić information content (AvgIpc) is 2.63. The Labute approximate surface area is 116 Å². The molecule has 0 atom stereocenters. The summed E-state index contributed by atoms with van der Waals surface area (Å²) in [7, 11) is -2.29. The summed E-state index contributed by atoms with van der Waals surface area (Å²) in [5.74, 6) is -0.0769. The molecule has 0 radical (unpaired) electrons. The molecule has 2 rings (SSSR count). The summed E-state index contributed by atoms with van der Waals surface area (Å²) in [5, 5.41) is 12.8. The molecule has 0 saturated heterocycles. The van der Waals surface area contributed by atoms with Crippen LogP contribution in [-0.2, 0) is 17.1 Å². The molecule has 0 bridgehead atoms. The van der Waals surface area contributed by atoms with Crippen LogP contribution in [0.15, 0.2) is 29.2 Å². The van der Waals surface area contributed by atoms with Crippen LogP contribution in [0.2, 0.25) is 0 Å². The first-order valence-corrected chi connectivity index (χ1v) is 7.16. The Balaban J connectivity index is 2.50. The molecule has 7 nitrogen and oxygen atoms in total. The molecule has 0 fully saturated rings. The second kappa shape index (κ2) is 4.86. The van der Waals surface area contributed by atoms with Crippen molar-refractivity contribution in [1.29, 1.82) is 5.26 Å². The topological polar surface area (TPSA) is 114 Å². The first-order valence-electron chi connectivity index (χ1n) is 5.68. The van der Waals surface area contributed by atoms with Crippen molar-refractivity contribution in [2.24, 2.45) is 7.05 Å². The second-order valence-electron chi connectivity index (χ2n) is 4.19. The molecule has 2 aromatic rings. The van der Waals surface area contributed by atoms with E-state index in [1.165, 1.54) is 16.8 Å². The van der Waals surface area contributed by atoms with Gasteiger partial charge in [0.25, 0.3) is 10.0 Å². The number of benzene rings is 1. The Morgan fingerprint density at radius 3 is 2.60 bits per heavy atom. The molecule has 20 heavy (non-hydrogen) atoms. The smallest absolute Gasteiger partial charge is 0.267 e. The van der Waals surface area contributed by atoms with E-state index in [4.69, 9.17) is 11.0 Å². The molecule has 0 saturated carbocycles. The SMILES string of the molecule is Cc1c(S(=O)(=O)Nc2ccccc2C#N)c(N)nn1C. The van der Waals surface area contributed by atoms with Gasteiger partial charge in [-0.15, -0.1) is 0 Å². The summed E-state index contributed by atoms with van der Waals surface area (Å²) in [6.45, 7) is 1.61. The molecule has 104 valence electrons. The molecule has 1 aromatic heterocycles. The number of hydrogen-bond acceptors (Lipinski definition) is 5. The molecule has 0 amide bonds. The van der Waals surface area contributed by atoms with Crippen molar-refractivity contribution in [3.63, 3.8) is 0 Å². The van der Waals surface area contributed by atoms with Gasteiger partial charge in [-0.05, 0) is 19.1 Å². The minimum atomic E-state index is -3.90. The first-order chi connectivity index (χ1) is 9.36. The zero-order valence-corrected chi connectivity index (χ0v) is 11.8. The summed E-state index contributed by atoms with van der Waals surface area (Å²) in [6, 6.07) is 8.25. The molecule has 1 heterocycles. The van der Waals surface area contributed by atoms with E-state index in [1.807, 2.05) is 6.07 Å². The average molecular weight is 291 g/mol. The Hall–Kier alpha value is -2.53. The van der Waals surface area contributed by atoms with Crippen LogP contribution in [-0.4, -0.2) is 18.2 Å². The molecule has 1 aromatic carbocycles. The van der Waals surface area contributed by atoms with E-state index in [2.05, 4.69) is 9.82 Å². The third-order valence-corrected chi connectivity index (χ3v) is 4.40. The van der Waals surface area contributed by atoms with Crippen LogP contribution in [0, 0.1) is 18.3 Å². The number of anilines is 2. The number of para-hydroxylation sites is 1. The first kappa shape index (κ1) is 13.9. The summed E-state index contributed by atoms with van der Waals surface area (Å²) in [5.41, 5.74) is 6.50. The van der Waals surface area contributed by atoms with Crippen LogP contribution in [0.25, 0.3) is 0 Å². The lowest BCUT2D eigenvalue weighted by Crippen LogP contribution is -2.16. The standard InChI is InChI=1S/C12H13N5O2S/c1-8-11(12(14)15-17(8)2)20(18,19)16-10-6-4-3-5-9(10)7-13/h3-6,16H,1-2H3,(H2,14,15). The van der Waals surface area contributed by atoms with Crippen molar-refractivity contribution in [2.45, 2.75) is 11.8 Å². The second-order valence-corrected chi connectivity index (χ2v) is 5.81. The van der Waals surface area contributed by atoms with Gasteiger partial charge in [0.1, 0.15) is 6.07 Å². The number of sulfonamides is 1. The molecule has 0 unspecified atom stereocenters. The third kappa shape index (κ3) is 2.31. The molecule has 0 aliphatic carbocycles. The minimum absolute atomic E-state index is 0.0762. The summed E-state index contributed by atoms with van der Waals surface area (Å²) in [6.07, 6.45) is 0. The minimum Gasteiger partial charge on any atom is -0.381 e. The van der Waals surface area contributed by atoms with Crippen LogP contribution in [0.3, 0.4) is 0 Å². The Morgan fingerprint density at radius 2 is 2.05 bits per heavy atom. The zero-order chi connectivity index (χ0) is 14.9. The van der Waals surface area contributed by atoms with Crippen molar-refractivity contribution >= 4 is 21.5 Å². The van der Waals surface area contributed by atoms with E-state index >= 15 is 0 Å². The van der Waals surface area contributed by atoms with Crippen molar-refractivity contribution in [2.75, 3.05) is 10.5 Å². The van der Waals surface area contributed by atoms with E-state index in [-0.39, 0.29) is 22.0 Å². The number of aryl methyl sites for hydroxylation is 1. The highest BCUT2D eigenvalue weighted by Gasteiger charge is 2.25. The Kier molecular flexibility index (Phi) is 3.38. The molecule has 0 spiro atoms. The highest BCUT2D eigenvalue weighted by atomic mass is 32.2. The maximum Gasteiger partial charge on any atom is 0.267 e. The third-order valence-electron chi connectivity index (χ3n) is 2.86. The fraction of sp³-hybridized carbons (Fsp3) is 0.167. The fourth-order valence-electron chi connectivity index (χ4n) is 1.81. The lowest BCUT2D eigenvalue weighted by Gasteiger charge is -2.09. The van der Waals surface area contributed by atoms with Crippen LogP contribution >= 0.6 is 0 Å². The van der Waals surface area contributed by atoms with E-state index in [0.29, 0.717) is 5.69 Å². The summed E-state index contributed by atoms with van der Waals surface area (Å²) < 4.78 is 28.5. The van der Waals surface area contributed by atoms with E-state index in [1.54, 1.807) is 26.1 Å². The summed E-state index contributed by atoms with van der Waals surface area (Å²) in [4.78, 5) is -0.0762. The van der Waals surface area contributed by atoms with Gasteiger partial charge in [-0.3, -0.25) is 9.40 Å². The molecule has 3 N–H and O–H groups in total. The van der Waals surface area contributed by atoms with Crippen molar-refractivity contribution < 1.29 is 8.42 Å². The lowest BCUT2D eigenvalue weighted by atomic mass is 10.2. The van der Waals surface area contributed by atoms with Crippen molar-refractivity contribution in [3.05, 3.63) is 35.5 Å². The van der Waals surface area contributed by atoms with Crippen LogP contribution in [0.4, 0.5) is 11.5 Å². The van der Waals surface area contributed by atoms with E-state index < -0.39 is 10.0 Å². The van der Waals surface area contributed by atoms with Crippen LogP contribution in [0.5, 0.6) is 0 Å². The van der Waals surface area contributed by atoms with Gasteiger partial charge in [0.05, 0.1) is 16.9 Å². The Morgan fingerprint density at radius 1 is 1.40 bits per heavy atom. The molecule has 8 heteroatoms. The number of rotatable bonds is 3. The number of nitrogen functional groups attached to an aromatic ring is 1. The zero-order valence-electron chi connectivity index (χ0n) is 11.0. The monoisotopic (exact) mass is 291 g/mol. The predicted octanol–water partition coefficient (Wildman–Crippen LogP) is 0.983. The van der Waals surface area contributed by atoms with Gasteiger partial charge in [0.15, 0.2) is 10.7 Å². The van der Waals surface area contributed by atoms with Crippen LogP contribution < -0.4 is 10.5 Å². The van der Waals surface area contributed by atoms with Crippen molar-refractivity contribution in [3.8, 4) is 6.07 Å². The van der Waals surface area contributed by atoms with Gasteiger partial charge >= 0.3 is 0 Å². The van der Waals surface area contributed by atoms with Gasteiger partial charge in [-0.2, -0.15) is 10.4 Å². The number of nitrogens with zero attached hydrogens (tertiary/aromatic N) is 3. The van der Waals surface area contributed by atoms with Gasteiger partial charge in [-0.1, -0.05) is 12.1 Å². The van der Waals surface area contributed by atoms with Gasteiger partial charge < -0.3 is 5.73 Å². The van der Waals surface area contributed by atoms with E-state index in [9.17, 15) is 8.42 Å². The van der Waals surface area contributed by atoms with Crippen molar-refractivity contribution in [1.82, 2.24) is 9.78 Å². The number of nitriles is 1. The maximum absolute atomic E-state index is 12.4. The Bertz CT molecular complexity index is 802. The van der Waals surface area contributed by atoms with Crippen LogP contribution in [0.1, 0.15) is 11.3 Å². The number of hydrogen-bond donors (Lipinski definition) is 2. The predicted molar refractivity (Wildman–Crippen MR) is 74.3 cm³/mol. The quantitative estimate of drug-likeness (QED) is 0.875. The highest BCUT2D eigenvalue weighted by Crippen LogP contribution is 2.25. The molecule has 0 aliphatic rings. The van der Waals surface area contributed by atoms with Gasteiger partial charge in [-0.25, -0.2) is 8.42 Å². The van der Waals surface area contributed by atoms with Gasteiger partial charge in [0, 0.05) is 7.05 Å². The number of nitrogens with one attached hydrogen (secondary N) is 1. The normalized spacial score (nSPS) is 11.1. The van der Waals surface area contributed by atoms with Gasteiger partial charge in [0.2, 0.25) is 0 Å². The summed E-state index contributed by atoms with van der Waals surface area (Å²) >= 11 is 0.